The van der Waals surface area contributed by atoms with Gasteiger partial charge in [-0.25, -0.2) is 0 Å². The minimum atomic E-state index is 0.226. The summed E-state index contributed by atoms with van der Waals surface area (Å²) in [4.78, 5) is 16.4. The van der Waals surface area contributed by atoms with Crippen molar-refractivity contribution in [1.29, 1.82) is 0 Å². The monoisotopic (exact) mass is 289 g/mol. The molecule has 2 rings (SSSR count). The molecule has 0 saturated carbocycles. The van der Waals surface area contributed by atoms with Crippen molar-refractivity contribution in [3.63, 3.8) is 0 Å². The van der Waals surface area contributed by atoms with Gasteiger partial charge in [0.05, 0.1) is 6.54 Å². The maximum atomic E-state index is 12.3. The normalized spacial score (nSPS) is 22.4. The van der Waals surface area contributed by atoms with Crippen LogP contribution in [0, 0.1) is 5.92 Å². The predicted molar refractivity (Wildman–Crippen MR) is 86.1 cm³/mol. The van der Waals surface area contributed by atoms with E-state index in [-0.39, 0.29) is 5.91 Å². The highest BCUT2D eigenvalue weighted by Crippen LogP contribution is 2.31. The molecule has 2 N–H and O–H groups in total. The van der Waals surface area contributed by atoms with Gasteiger partial charge in [0.25, 0.3) is 0 Å². The van der Waals surface area contributed by atoms with Crippen molar-refractivity contribution in [3.8, 4) is 0 Å². The van der Waals surface area contributed by atoms with Crippen LogP contribution in [0.3, 0.4) is 0 Å². The molecule has 0 bridgehead atoms. The van der Waals surface area contributed by atoms with E-state index in [0.29, 0.717) is 24.9 Å². The molecule has 0 aliphatic carbocycles. The first-order chi connectivity index (χ1) is 10.2. The number of carbonyl (C=O) groups is 1. The lowest BCUT2D eigenvalue weighted by atomic mass is 9.89. The van der Waals surface area contributed by atoms with Crippen LogP contribution in [-0.2, 0) is 4.79 Å². The van der Waals surface area contributed by atoms with Crippen LogP contribution in [0.2, 0.25) is 0 Å². The van der Waals surface area contributed by atoms with Crippen LogP contribution in [0.5, 0.6) is 0 Å². The Morgan fingerprint density at radius 1 is 1.24 bits per heavy atom. The lowest BCUT2D eigenvalue weighted by Crippen LogP contribution is -2.39. The first kappa shape index (κ1) is 16.0. The van der Waals surface area contributed by atoms with Crippen molar-refractivity contribution in [2.45, 2.75) is 19.8 Å². The maximum Gasteiger partial charge on any atom is 0.236 e. The molecule has 4 nitrogen and oxygen atoms in total. The van der Waals surface area contributed by atoms with E-state index in [0.717, 1.165) is 26.2 Å². The standard InChI is InChI=1S/C17H27N3O/c1-3-20(4-2)17(21)13-19-11-15(10-18)16(12-19)14-8-6-5-7-9-14/h5-9,15-16H,3-4,10-13,18H2,1-2H3/t15-,16+/m1/s1. The summed E-state index contributed by atoms with van der Waals surface area (Å²) in [6.07, 6.45) is 0. The first-order valence-electron chi connectivity index (χ1n) is 7.94. The van der Waals surface area contributed by atoms with Crippen LogP contribution < -0.4 is 5.73 Å². The lowest BCUT2D eigenvalue weighted by Gasteiger charge is -2.22. The van der Waals surface area contributed by atoms with Gasteiger partial charge in [-0.05, 0) is 31.9 Å². The van der Waals surface area contributed by atoms with Gasteiger partial charge in [-0.15, -0.1) is 0 Å². The zero-order valence-corrected chi connectivity index (χ0v) is 13.2. The van der Waals surface area contributed by atoms with Crippen LogP contribution >= 0.6 is 0 Å². The van der Waals surface area contributed by atoms with Crippen LogP contribution in [-0.4, -0.2) is 55.0 Å². The second kappa shape index (κ2) is 7.57. The fraction of sp³-hybridized carbons (Fsp3) is 0.588. The van der Waals surface area contributed by atoms with Crippen molar-refractivity contribution >= 4 is 5.91 Å². The molecule has 1 heterocycles. The number of benzene rings is 1. The van der Waals surface area contributed by atoms with Gasteiger partial charge in [-0.2, -0.15) is 0 Å². The number of hydrogen-bond donors (Lipinski definition) is 1. The molecule has 1 fully saturated rings. The predicted octanol–water partition coefficient (Wildman–Crippen LogP) is 1.53. The molecule has 1 aliphatic heterocycles. The molecule has 4 heteroatoms. The molecular formula is C17H27N3O. The molecule has 0 aromatic heterocycles. The van der Waals surface area contributed by atoms with Gasteiger partial charge in [0.1, 0.15) is 0 Å². The van der Waals surface area contributed by atoms with Gasteiger partial charge in [0, 0.05) is 32.1 Å². The van der Waals surface area contributed by atoms with E-state index in [9.17, 15) is 4.79 Å². The van der Waals surface area contributed by atoms with Crippen molar-refractivity contribution in [3.05, 3.63) is 35.9 Å². The Balaban J connectivity index is 2.00. The number of likely N-dealkylation sites (tertiary alicyclic amines) is 1. The highest BCUT2D eigenvalue weighted by Gasteiger charge is 2.33. The van der Waals surface area contributed by atoms with Gasteiger partial charge >= 0.3 is 0 Å². The molecular weight excluding hydrogens is 262 g/mol. The smallest absolute Gasteiger partial charge is 0.236 e. The largest absolute Gasteiger partial charge is 0.342 e. The van der Waals surface area contributed by atoms with E-state index >= 15 is 0 Å². The zero-order valence-electron chi connectivity index (χ0n) is 13.2. The minimum absolute atomic E-state index is 0.226. The average Bonchev–Trinajstić information content (AvgIpc) is 2.92. The summed E-state index contributed by atoms with van der Waals surface area (Å²) >= 11 is 0. The first-order valence-corrected chi connectivity index (χ1v) is 7.94. The molecule has 1 aliphatic rings. The Morgan fingerprint density at radius 3 is 2.48 bits per heavy atom. The summed E-state index contributed by atoms with van der Waals surface area (Å²) < 4.78 is 0. The Morgan fingerprint density at radius 2 is 1.90 bits per heavy atom. The molecule has 116 valence electrons. The second-order valence-electron chi connectivity index (χ2n) is 5.77. The number of carbonyl (C=O) groups excluding carboxylic acids is 1. The fourth-order valence-corrected chi connectivity index (χ4v) is 3.27. The average molecular weight is 289 g/mol. The Kier molecular flexibility index (Phi) is 5.76. The van der Waals surface area contributed by atoms with E-state index in [2.05, 4.69) is 29.2 Å². The summed E-state index contributed by atoms with van der Waals surface area (Å²) in [6.45, 7) is 8.66. The summed E-state index contributed by atoms with van der Waals surface area (Å²) in [6, 6.07) is 10.5. The quantitative estimate of drug-likeness (QED) is 0.864. The number of hydrogen-bond acceptors (Lipinski definition) is 3. The van der Waals surface area contributed by atoms with E-state index in [1.807, 2.05) is 24.8 Å². The third-order valence-electron chi connectivity index (χ3n) is 4.52. The van der Waals surface area contributed by atoms with Crippen molar-refractivity contribution in [1.82, 2.24) is 9.80 Å². The SMILES string of the molecule is CCN(CC)C(=O)CN1C[C@@H](CN)[C@H](c2ccccc2)C1. The summed E-state index contributed by atoms with van der Waals surface area (Å²) in [5.41, 5.74) is 7.28. The molecule has 2 atom stereocenters. The third-order valence-corrected chi connectivity index (χ3v) is 4.52. The van der Waals surface area contributed by atoms with Crippen molar-refractivity contribution in [2.24, 2.45) is 11.7 Å². The van der Waals surface area contributed by atoms with Gasteiger partial charge < -0.3 is 10.6 Å². The van der Waals surface area contributed by atoms with Crippen LogP contribution in [0.1, 0.15) is 25.3 Å². The maximum absolute atomic E-state index is 12.3. The van der Waals surface area contributed by atoms with Gasteiger partial charge in [-0.1, -0.05) is 30.3 Å². The molecule has 1 aromatic carbocycles. The molecule has 0 radical (unpaired) electrons. The minimum Gasteiger partial charge on any atom is -0.342 e. The van der Waals surface area contributed by atoms with E-state index in [4.69, 9.17) is 5.73 Å². The van der Waals surface area contributed by atoms with Crippen molar-refractivity contribution < 1.29 is 4.79 Å². The number of nitrogens with zero attached hydrogens (tertiary/aromatic N) is 2. The van der Waals surface area contributed by atoms with Gasteiger partial charge in [-0.3, -0.25) is 9.69 Å². The second-order valence-corrected chi connectivity index (χ2v) is 5.77. The Labute approximate surface area is 127 Å². The Bertz CT molecular complexity index is 445. The number of rotatable bonds is 6. The number of likely N-dealkylation sites (N-methyl/N-ethyl adjacent to an activating group) is 1. The van der Waals surface area contributed by atoms with Gasteiger partial charge in [0.15, 0.2) is 0 Å². The Hall–Kier alpha value is -1.39. The molecule has 1 saturated heterocycles. The zero-order chi connectivity index (χ0) is 15.2. The van der Waals surface area contributed by atoms with E-state index < -0.39 is 0 Å². The molecule has 1 aromatic rings. The molecule has 1 amide bonds. The topological polar surface area (TPSA) is 49.6 Å². The summed E-state index contributed by atoms with van der Waals surface area (Å²) in [5, 5.41) is 0. The highest BCUT2D eigenvalue weighted by atomic mass is 16.2. The van der Waals surface area contributed by atoms with Crippen LogP contribution in [0.15, 0.2) is 30.3 Å². The summed E-state index contributed by atoms with van der Waals surface area (Å²) in [7, 11) is 0. The highest BCUT2D eigenvalue weighted by molar-refractivity contribution is 5.78. The third kappa shape index (κ3) is 3.83. The number of amides is 1. The number of nitrogens with two attached hydrogens (primary N) is 1. The summed E-state index contributed by atoms with van der Waals surface area (Å²) in [5.74, 6) is 1.11. The molecule has 0 spiro atoms. The van der Waals surface area contributed by atoms with E-state index in [1.54, 1.807) is 0 Å². The molecule has 21 heavy (non-hydrogen) atoms. The lowest BCUT2D eigenvalue weighted by molar-refractivity contribution is -0.131. The van der Waals surface area contributed by atoms with Crippen LogP contribution in [0.4, 0.5) is 0 Å². The van der Waals surface area contributed by atoms with E-state index in [1.165, 1.54) is 5.56 Å². The fourth-order valence-electron chi connectivity index (χ4n) is 3.27. The molecule has 0 unspecified atom stereocenters. The van der Waals surface area contributed by atoms with Crippen LogP contribution in [0.25, 0.3) is 0 Å². The van der Waals surface area contributed by atoms with Crippen molar-refractivity contribution in [2.75, 3.05) is 39.3 Å². The van der Waals surface area contributed by atoms with Gasteiger partial charge in [0.2, 0.25) is 5.91 Å².